The Bertz CT molecular complexity index is 662. The molecule has 0 N–H and O–H groups in total. The van der Waals surface area contributed by atoms with E-state index < -0.39 is 16.6 Å². The molecule has 0 aromatic heterocycles. The van der Waals surface area contributed by atoms with Crippen molar-refractivity contribution < 1.29 is 8.85 Å². The fraction of sp³-hybridized carbons (Fsp3) is 0.667. The lowest BCUT2D eigenvalue weighted by Crippen LogP contribution is -2.41. The molecule has 0 aliphatic rings. The number of benzene rings is 1. The number of rotatable bonds is 6. The van der Waals surface area contributed by atoms with Gasteiger partial charge in [0, 0.05) is 0 Å². The molecule has 0 heterocycles. The van der Waals surface area contributed by atoms with Crippen LogP contribution in [0.25, 0.3) is 0 Å². The quantitative estimate of drug-likeness (QED) is 0.513. The minimum atomic E-state index is -1.84. The van der Waals surface area contributed by atoms with Crippen LogP contribution in [0, 0.1) is 11.3 Å². The molecule has 0 amide bonds. The maximum absolute atomic E-state index is 9.27. The Labute approximate surface area is 163 Å². The Morgan fingerprint density at radius 3 is 1.62 bits per heavy atom. The first-order valence-corrected chi connectivity index (χ1v) is 15.2. The second-order valence-electron chi connectivity index (χ2n) is 10.2. The molecule has 0 unspecified atom stereocenters. The lowest BCUT2D eigenvalue weighted by molar-refractivity contribution is 0.257. The summed E-state index contributed by atoms with van der Waals surface area (Å²) < 4.78 is 12.8. The standard InChI is InChI=1S/C21H37NO2Si2/c1-20(2,3)25(7,8)23-15-18-12-11-17(14-22)13-19(18)16-24-26(9,10)21(4,5)6/h11-13H,15-16H2,1-10H3. The largest absolute Gasteiger partial charge is 0.413 e. The van der Waals surface area contributed by atoms with Crippen molar-refractivity contribution in [2.24, 2.45) is 0 Å². The van der Waals surface area contributed by atoms with E-state index in [-0.39, 0.29) is 10.1 Å². The molecule has 26 heavy (non-hydrogen) atoms. The van der Waals surface area contributed by atoms with E-state index in [9.17, 15) is 5.26 Å². The molecule has 0 aliphatic carbocycles. The molecular formula is C21H37NO2Si2. The number of hydrogen-bond acceptors (Lipinski definition) is 3. The summed E-state index contributed by atoms with van der Waals surface area (Å²) in [5.41, 5.74) is 2.88. The molecule has 5 heteroatoms. The topological polar surface area (TPSA) is 42.2 Å². The summed E-state index contributed by atoms with van der Waals surface area (Å²) in [6.45, 7) is 23.6. The fourth-order valence-corrected chi connectivity index (χ4v) is 3.82. The first kappa shape index (κ1) is 23.1. The van der Waals surface area contributed by atoms with Crippen LogP contribution in [-0.2, 0) is 22.1 Å². The van der Waals surface area contributed by atoms with Crippen molar-refractivity contribution in [3.8, 4) is 6.07 Å². The highest BCUT2D eigenvalue weighted by atomic mass is 28.4. The van der Waals surface area contributed by atoms with Crippen LogP contribution in [0.1, 0.15) is 58.2 Å². The van der Waals surface area contributed by atoms with Crippen molar-refractivity contribution in [3.05, 3.63) is 34.9 Å². The molecule has 0 fully saturated rings. The highest BCUT2D eigenvalue weighted by Gasteiger charge is 2.38. The third-order valence-electron chi connectivity index (χ3n) is 6.12. The van der Waals surface area contributed by atoms with Gasteiger partial charge in [0.15, 0.2) is 16.6 Å². The molecule has 0 spiro atoms. The molecule has 0 atom stereocenters. The maximum atomic E-state index is 9.27. The molecule has 146 valence electrons. The van der Waals surface area contributed by atoms with Crippen molar-refractivity contribution in [2.45, 2.75) is 91.0 Å². The summed E-state index contributed by atoms with van der Waals surface area (Å²) in [5.74, 6) is 0. The third-order valence-corrected chi connectivity index (χ3v) is 15.1. The van der Waals surface area contributed by atoms with Gasteiger partial charge in [0.25, 0.3) is 0 Å². The molecule has 3 nitrogen and oxygen atoms in total. The van der Waals surface area contributed by atoms with E-state index in [0.29, 0.717) is 18.8 Å². The monoisotopic (exact) mass is 391 g/mol. The maximum Gasteiger partial charge on any atom is 0.192 e. The van der Waals surface area contributed by atoms with E-state index in [4.69, 9.17) is 8.85 Å². The normalized spacial score (nSPS) is 13.6. The second kappa shape index (κ2) is 7.97. The number of nitrogens with zero attached hydrogens (tertiary/aromatic N) is 1. The minimum absolute atomic E-state index is 0.164. The van der Waals surface area contributed by atoms with Crippen LogP contribution >= 0.6 is 0 Å². The average Bonchev–Trinajstić information content (AvgIpc) is 2.49. The van der Waals surface area contributed by atoms with Gasteiger partial charge in [0.1, 0.15) is 0 Å². The summed E-state index contributed by atoms with van der Waals surface area (Å²) >= 11 is 0. The van der Waals surface area contributed by atoms with E-state index >= 15 is 0 Å². The van der Waals surface area contributed by atoms with Crippen LogP contribution in [0.15, 0.2) is 18.2 Å². The number of hydrogen-bond donors (Lipinski definition) is 0. The Morgan fingerprint density at radius 1 is 0.808 bits per heavy atom. The first-order chi connectivity index (χ1) is 11.6. The summed E-state index contributed by atoms with van der Waals surface area (Å²) in [4.78, 5) is 0. The van der Waals surface area contributed by atoms with Crippen LogP contribution in [-0.4, -0.2) is 16.6 Å². The Kier molecular flexibility index (Phi) is 7.09. The van der Waals surface area contributed by atoms with Gasteiger partial charge in [-0.2, -0.15) is 5.26 Å². The SMILES string of the molecule is CC(C)(C)[Si](C)(C)OCc1ccc(C#N)cc1CO[Si](C)(C)C(C)(C)C. The van der Waals surface area contributed by atoms with E-state index in [1.807, 2.05) is 18.2 Å². The van der Waals surface area contributed by atoms with Crippen molar-refractivity contribution >= 4 is 16.6 Å². The van der Waals surface area contributed by atoms with Crippen LogP contribution < -0.4 is 0 Å². The van der Waals surface area contributed by atoms with E-state index in [1.165, 1.54) is 0 Å². The van der Waals surface area contributed by atoms with Gasteiger partial charge in [-0.05, 0) is 59.5 Å². The molecule has 0 saturated heterocycles. The Hall–Kier alpha value is -0.936. The second-order valence-corrected chi connectivity index (χ2v) is 19.8. The van der Waals surface area contributed by atoms with Gasteiger partial charge in [0.05, 0.1) is 24.8 Å². The highest BCUT2D eigenvalue weighted by Crippen LogP contribution is 2.38. The summed E-state index contributed by atoms with van der Waals surface area (Å²) in [5, 5.41) is 9.61. The number of nitriles is 1. The fourth-order valence-electron chi connectivity index (χ4n) is 1.92. The van der Waals surface area contributed by atoms with Gasteiger partial charge in [-0.15, -0.1) is 0 Å². The van der Waals surface area contributed by atoms with Crippen molar-refractivity contribution in [1.82, 2.24) is 0 Å². The molecule has 1 rings (SSSR count). The minimum Gasteiger partial charge on any atom is -0.413 e. The lowest BCUT2D eigenvalue weighted by atomic mass is 10.1. The summed E-state index contributed by atoms with van der Waals surface area (Å²) in [6, 6.07) is 8.10. The summed E-state index contributed by atoms with van der Waals surface area (Å²) in [6.07, 6.45) is 0. The van der Waals surface area contributed by atoms with Gasteiger partial charge < -0.3 is 8.85 Å². The van der Waals surface area contributed by atoms with Crippen molar-refractivity contribution in [3.63, 3.8) is 0 Å². The average molecular weight is 392 g/mol. The van der Waals surface area contributed by atoms with E-state index in [0.717, 1.165) is 11.1 Å². The van der Waals surface area contributed by atoms with Crippen LogP contribution in [0.3, 0.4) is 0 Å². The van der Waals surface area contributed by atoms with Gasteiger partial charge in [-0.1, -0.05) is 47.6 Å². The predicted molar refractivity (Wildman–Crippen MR) is 115 cm³/mol. The molecule has 0 aliphatic heterocycles. The zero-order chi connectivity index (χ0) is 20.4. The smallest absolute Gasteiger partial charge is 0.192 e. The third kappa shape index (κ3) is 5.78. The predicted octanol–water partition coefficient (Wildman–Crippen LogP) is 6.60. The summed E-state index contributed by atoms with van der Waals surface area (Å²) in [7, 11) is -3.66. The van der Waals surface area contributed by atoms with Crippen molar-refractivity contribution in [2.75, 3.05) is 0 Å². The van der Waals surface area contributed by atoms with E-state index in [1.54, 1.807) is 0 Å². The van der Waals surface area contributed by atoms with Crippen molar-refractivity contribution in [1.29, 1.82) is 5.26 Å². The van der Waals surface area contributed by atoms with Crippen LogP contribution in [0.4, 0.5) is 0 Å². The van der Waals surface area contributed by atoms with Gasteiger partial charge in [-0.25, -0.2) is 0 Å². The van der Waals surface area contributed by atoms with Gasteiger partial charge in [0.2, 0.25) is 0 Å². The van der Waals surface area contributed by atoms with E-state index in [2.05, 4.69) is 73.8 Å². The Balaban J connectivity index is 3.03. The van der Waals surface area contributed by atoms with Gasteiger partial charge >= 0.3 is 0 Å². The van der Waals surface area contributed by atoms with Crippen LogP contribution in [0.2, 0.25) is 36.3 Å². The molecule has 1 aromatic carbocycles. The zero-order valence-corrected chi connectivity index (χ0v) is 20.4. The van der Waals surface area contributed by atoms with Gasteiger partial charge in [-0.3, -0.25) is 0 Å². The Morgan fingerprint density at radius 2 is 1.23 bits per heavy atom. The molecule has 0 bridgehead atoms. The molecule has 0 saturated carbocycles. The molecular weight excluding hydrogens is 354 g/mol. The molecule has 0 radical (unpaired) electrons. The highest BCUT2D eigenvalue weighted by molar-refractivity contribution is 6.74. The first-order valence-electron chi connectivity index (χ1n) is 9.40. The van der Waals surface area contributed by atoms with Crippen LogP contribution in [0.5, 0.6) is 0 Å². The lowest BCUT2D eigenvalue weighted by Gasteiger charge is -2.37. The molecule has 1 aromatic rings. The zero-order valence-electron chi connectivity index (χ0n) is 18.4.